The highest BCUT2D eigenvalue weighted by Crippen LogP contribution is 2.24. The Morgan fingerprint density at radius 1 is 1.08 bits per heavy atom. The summed E-state index contributed by atoms with van der Waals surface area (Å²) >= 11 is 1.45. The van der Waals surface area contributed by atoms with E-state index in [4.69, 9.17) is 0 Å². The van der Waals surface area contributed by atoms with Crippen LogP contribution in [0.5, 0.6) is 0 Å². The summed E-state index contributed by atoms with van der Waals surface area (Å²) in [7, 11) is 0. The molecule has 25 heavy (non-hydrogen) atoms. The van der Waals surface area contributed by atoms with Crippen molar-refractivity contribution in [1.82, 2.24) is 9.97 Å². The van der Waals surface area contributed by atoms with Crippen molar-refractivity contribution >= 4 is 33.6 Å². The van der Waals surface area contributed by atoms with Crippen LogP contribution in [-0.4, -0.2) is 16.2 Å². The van der Waals surface area contributed by atoms with Gasteiger partial charge >= 0.3 is 0 Å². The van der Waals surface area contributed by atoms with Crippen LogP contribution in [0.2, 0.25) is 0 Å². The number of benzene rings is 2. The molecule has 0 saturated carbocycles. The zero-order valence-electron chi connectivity index (χ0n) is 13.1. The quantitative estimate of drug-likeness (QED) is 0.420. The lowest BCUT2D eigenvalue weighted by Gasteiger charge is -2.00. The van der Waals surface area contributed by atoms with E-state index >= 15 is 0 Å². The third kappa shape index (κ3) is 3.39. The summed E-state index contributed by atoms with van der Waals surface area (Å²) in [6, 6.07) is 16.7. The lowest BCUT2D eigenvalue weighted by Crippen LogP contribution is -1.94. The number of pyridine rings is 1. The summed E-state index contributed by atoms with van der Waals surface area (Å²) in [5, 5.41) is 7.57. The number of rotatable bonds is 4. The first-order chi connectivity index (χ1) is 12.3. The molecule has 6 heteroatoms. The number of nitrogens with zero attached hydrogens (tertiary/aromatic N) is 3. The van der Waals surface area contributed by atoms with Crippen molar-refractivity contribution in [3.8, 4) is 11.3 Å². The van der Waals surface area contributed by atoms with Crippen LogP contribution in [-0.2, 0) is 0 Å². The fraction of sp³-hybridized carbons (Fsp3) is 0. The molecule has 0 fully saturated rings. The Kier molecular flexibility index (Phi) is 4.18. The molecule has 0 aliphatic rings. The van der Waals surface area contributed by atoms with Crippen molar-refractivity contribution in [2.24, 2.45) is 5.10 Å². The Morgan fingerprint density at radius 3 is 2.84 bits per heavy atom. The molecule has 4 rings (SSSR count). The summed E-state index contributed by atoms with van der Waals surface area (Å²) < 4.78 is 14.1. The van der Waals surface area contributed by atoms with Gasteiger partial charge in [0, 0.05) is 34.2 Å². The maximum Gasteiger partial charge on any atom is 0.203 e. The smallest absolute Gasteiger partial charge is 0.203 e. The van der Waals surface area contributed by atoms with E-state index in [1.807, 2.05) is 47.8 Å². The average Bonchev–Trinajstić information content (AvgIpc) is 3.12. The average molecular weight is 348 g/mol. The highest BCUT2D eigenvalue weighted by molar-refractivity contribution is 7.14. The van der Waals surface area contributed by atoms with Gasteiger partial charge in [0.1, 0.15) is 5.82 Å². The standard InChI is InChI=1S/C19H13FN4S/c20-16-10-17-14(7-4-8-21-17)9-15(16)11-22-24-19-23-18(12-25-19)13-5-2-1-3-6-13/h1-12H,(H,23,24). The number of aromatic nitrogens is 2. The number of halogens is 1. The molecule has 2 heterocycles. The zero-order chi connectivity index (χ0) is 17.1. The second kappa shape index (κ2) is 6.78. The van der Waals surface area contributed by atoms with E-state index in [2.05, 4.69) is 20.5 Å². The number of fused-ring (bicyclic) bond motifs is 1. The van der Waals surface area contributed by atoms with Crippen LogP contribution in [0, 0.1) is 5.82 Å². The molecule has 0 spiro atoms. The topological polar surface area (TPSA) is 50.2 Å². The maximum absolute atomic E-state index is 14.1. The molecule has 2 aromatic heterocycles. The van der Waals surface area contributed by atoms with Crippen molar-refractivity contribution in [2.45, 2.75) is 0 Å². The van der Waals surface area contributed by atoms with Crippen LogP contribution >= 0.6 is 11.3 Å². The van der Waals surface area contributed by atoms with Gasteiger partial charge in [-0.2, -0.15) is 5.10 Å². The fourth-order valence-corrected chi connectivity index (χ4v) is 3.10. The zero-order valence-corrected chi connectivity index (χ0v) is 13.9. The molecule has 0 atom stereocenters. The molecule has 0 unspecified atom stereocenters. The molecular formula is C19H13FN4S. The Morgan fingerprint density at radius 2 is 1.96 bits per heavy atom. The van der Waals surface area contributed by atoms with Gasteiger partial charge in [-0.1, -0.05) is 36.4 Å². The van der Waals surface area contributed by atoms with Crippen LogP contribution < -0.4 is 5.43 Å². The van der Waals surface area contributed by atoms with Gasteiger partial charge in [-0.05, 0) is 12.1 Å². The van der Waals surface area contributed by atoms with Gasteiger partial charge < -0.3 is 0 Å². The van der Waals surface area contributed by atoms with Crippen molar-refractivity contribution < 1.29 is 4.39 Å². The van der Waals surface area contributed by atoms with E-state index in [9.17, 15) is 4.39 Å². The van der Waals surface area contributed by atoms with Gasteiger partial charge in [-0.25, -0.2) is 9.37 Å². The minimum atomic E-state index is -0.360. The van der Waals surface area contributed by atoms with Gasteiger partial charge in [0.05, 0.1) is 17.4 Å². The summed E-state index contributed by atoms with van der Waals surface area (Å²) in [4.78, 5) is 8.61. The van der Waals surface area contributed by atoms with Gasteiger partial charge in [0.25, 0.3) is 0 Å². The van der Waals surface area contributed by atoms with E-state index in [1.165, 1.54) is 23.6 Å². The predicted octanol–water partition coefficient (Wildman–Crippen LogP) is 4.94. The van der Waals surface area contributed by atoms with Crippen molar-refractivity contribution in [3.63, 3.8) is 0 Å². The van der Waals surface area contributed by atoms with E-state index in [-0.39, 0.29) is 5.82 Å². The number of thiazole rings is 1. The lowest BCUT2D eigenvalue weighted by atomic mass is 10.1. The Balaban J connectivity index is 1.52. The SMILES string of the molecule is Fc1cc2ncccc2cc1C=NNc1nc(-c2ccccc2)cs1. The Labute approximate surface area is 147 Å². The molecule has 0 radical (unpaired) electrons. The minimum Gasteiger partial charge on any atom is -0.256 e. The molecule has 0 amide bonds. The number of hydrogen-bond donors (Lipinski definition) is 1. The summed E-state index contributed by atoms with van der Waals surface area (Å²) in [6.45, 7) is 0. The molecule has 0 saturated heterocycles. The summed E-state index contributed by atoms with van der Waals surface area (Å²) in [5.74, 6) is -0.360. The van der Waals surface area contributed by atoms with E-state index in [1.54, 1.807) is 12.3 Å². The number of anilines is 1. The van der Waals surface area contributed by atoms with Crippen LogP contribution in [0.1, 0.15) is 5.56 Å². The normalized spacial score (nSPS) is 11.2. The predicted molar refractivity (Wildman–Crippen MR) is 100 cm³/mol. The van der Waals surface area contributed by atoms with Crippen molar-refractivity contribution in [2.75, 3.05) is 5.43 Å². The van der Waals surface area contributed by atoms with E-state index < -0.39 is 0 Å². The lowest BCUT2D eigenvalue weighted by molar-refractivity contribution is 0.627. The van der Waals surface area contributed by atoms with Gasteiger partial charge in [0.15, 0.2) is 0 Å². The highest BCUT2D eigenvalue weighted by Gasteiger charge is 2.05. The third-order valence-corrected chi connectivity index (χ3v) is 4.41. The molecule has 122 valence electrons. The van der Waals surface area contributed by atoms with Gasteiger partial charge in [0.2, 0.25) is 5.13 Å². The van der Waals surface area contributed by atoms with Gasteiger partial charge in [-0.15, -0.1) is 11.3 Å². The Hall–Kier alpha value is -3.12. The highest BCUT2D eigenvalue weighted by atomic mass is 32.1. The van der Waals surface area contributed by atoms with Crippen LogP contribution in [0.3, 0.4) is 0 Å². The molecule has 0 aliphatic carbocycles. The maximum atomic E-state index is 14.1. The first kappa shape index (κ1) is 15.4. The summed E-state index contributed by atoms with van der Waals surface area (Å²) in [6.07, 6.45) is 3.09. The van der Waals surface area contributed by atoms with Gasteiger partial charge in [-0.3, -0.25) is 10.4 Å². The van der Waals surface area contributed by atoms with Crippen LogP contribution in [0.15, 0.2) is 71.3 Å². The molecule has 0 aliphatic heterocycles. The van der Waals surface area contributed by atoms with Crippen molar-refractivity contribution in [1.29, 1.82) is 0 Å². The second-order valence-corrected chi connectivity index (χ2v) is 6.20. The van der Waals surface area contributed by atoms with E-state index in [0.29, 0.717) is 16.2 Å². The molecular weight excluding hydrogens is 335 g/mol. The minimum absolute atomic E-state index is 0.360. The van der Waals surface area contributed by atoms with E-state index in [0.717, 1.165) is 16.6 Å². The molecule has 4 aromatic rings. The first-order valence-electron chi connectivity index (χ1n) is 7.64. The number of nitrogens with one attached hydrogen (secondary N) is 1. The fourth-order valence-electron chi connectivity index (χ4n) is 2.44. The van der Waals surface area contributed by atoms with Crippen LogP contribution in [0.4, 0.5) is 9.52 Å². The number of hydrogen-bond acceptors (Lipinski definition) is 5. The monoisotopic (exact) mass is 348 g/mol. The van der Waals surface area contributed by atoms with Crippen LogP contribution in [0.25, 0.3) is 22.2 Å². The second-order valence-electron chi connectivity index (χ2n) is 5.34. The largest absolute Gasteiger partial charge is 0.256 e. The summed E-state index contributed by atoms with van der Waals surface area (Å²) in [5.41, 5.74) is 5.80. The van der Waals surface area contributed by atoms with Crippen molar-refractivity contribution in [3.05, 3.63) is 77.6 Å². The molecule has 0 bridgehead atoms. The number of hydrazone groups is 1. The molecule has 1 N–H and O–H groups in total. The first-order valence-corrected chi connectivity index (χ1v) is 8.52. The third-order valence-electron chi connectivity index (χ3n) is 3.66. The Bertz CT molecular complexity index is 1040. The molecule has 2 aromatic carbocycles. The molecule has 4 nitrogen and oxygen atoms in total.